The number of hydrogen-bond donors (Lipinski definition) is 0. The van der Waals surface area contributed by atoms with E-state index in [-0.39, 0.29) is 5.82 Å². The summed E-state index contributed by atoms with van der Waals surface area (Å²) < 4.78 is 13.1. The van der Waals surface area contributed by atoms with Gasteiger partial charge in [-0.25, -0.2) is 4.39 Å². The lowest BCUT2D eigenvalue weighted by Gasteiger charge is -1.99. The Hall–Kier alpha value is -1.37. The lowest BCUT2D eigenvalue weighted by molar-refractivity contribution is 0.624. The van der Waals surface area contributed by atoms with Gasteiger partial charge in [-0.15, -0.1) is 0 Å². The summed E-state index contributed by atoms with van der Waals surface area (Å²) in [6.07, 6.45) is 5.08. The maximum atomic E-state index is 13.1. The van der Waals surface area contributed by atoms with Crippen molar-refractivity contribution in [2.24, 2.45) is 0 Å². The van der Waals surface area contributed by atoms with Gasteiger partial charge in [0.25, 0.3) is 0 Å². The third-order valence-electron chi connectivity index (χ3n) is 1.67. The standard InChI is InChI=1S/C11H11F/c1-3-4-7-10-9(2)6-5-8-11(10)12/h3-8H,1H2,2H3/b7-4-. The number of hydrogen-bond acceptors (Lipinski definition) is 0. The lowest BCUT2D eigenvalue weighted by Crippen LogP contribution is -1.85. The van der Waals surface area contributed by atoms with Gasteiger partial charge in [-0.2, -0.15) is 0 Å². The highest BCUT2D eigenvalue weighted by molar-refractivity contribution is 5.55. The predicted octanol–water partition coefficient (Wildman–Crippen LogP) is 3.33. The minimum absolute atomic E-state index is 0.187. The summed E-state index contributed by atoms with van der Waals surface area (Å²) in [4.78, 5) is 0. The molecule has 0 aliphatic rings. The van der Waals surface area contributed by atoms with Gasteiger partial charge in [0.05, 0.1) is 0 Å². The molecule has 0 N–H and O–H groups in total. The Morgan fingerprint density at radius 3 is 2.75 bits per heavy atom. The summed E-state index contributed by atoms with van der Waals surface area (Å²) in [5.41, 5.74) is 1.57. The normalized spacial score (nSPS) is 10.5. The van der Waals surface area contributed by atoms with Gasteiger partial charge in [-0.05, 0) is 18.6 Å². The van der Waals surface area contributed by atoms with Gasteiger partial charge in [0.1, 0.15) is 5.82 Å². The van der Waals surface area contributed by atoms with Crippen LogP contribution in [0.2, 0.25) is 0 Å². The number of aryl methyl sites for hydroxylation is 1. The second kappa shape index (κ2) is 3.86. The Morgan fingerprint density at radius 2 is 2.17 bits per heavy atom. The highest BCUT2D eigenvalue weighted by atomic mass is 19.1. The summed E-state index contributed by atoms with van der Waals surface area (Å²) in [7, 11) is 0. The van der Waals surface area contributed by atoms with E-state index in [2.05, 4.69) is 6.58 Å². The van der Waals surface area contributed by atoms with E-state index in [1.165, 1.54) is 6.07 Å². The second-order valence-electron chi connectivity index (χ2n) is 2.57. The van der Waals surface area contributed by atoms with Gasteiger partial charge < -0.3 is 0 Å². The maximum absolute atomic E-state index is 13.1. The van der Waals surface area contributed by atoms with Crippen LogP contribution in [0.4, 0.5) is 4.39 Å². The Kier molecular flexibility index (Phi) is 2.81. The van der Waals surface area contributed by atoms with Crippen LogP contribution in [0.5, 0.6) is 0 Å². The summed E-state index contributed by atoms with van der Waals surface area (Å²) >= 11 is 0. The fraction of sp³-hybridized carbons (Fsp3) is 0.0909. The van der Waals surface area contributed by atoms with Gasteiger partial charge in [0.15, 0.2) is 0 Å². The molecule has 62 valence electrons. The Balaban J connectivity index is 3.12. The average molecular weight is 162 g/mol. The quantitative estimate of drug-likeness (QED) is 0.585. The molecule has 12 heavy (non-hydrogen) atoms. The van der Waals surface area contributed by atoms with Crippen molar-refractivity contribution in [2.75, 3.05) is 0 Å². The third-order valence-corrected chi connectivity index (χ3v) is 1.67. The molecule has 1 rings (SSSR count). The summed E-state index contributed by atoms with van der Waals surface area (Å²) in [6, 6.07) is 5.04. The summed E-state index contributed by atoms with van der Waals surface area (Å²) in [6.45, 7) is 5.41. The molecule has 0 saturated heterocycles. The highest BCUT2D eigenvalue weighted by Gasteiger charge is 1.99. The van der Waals surface area contributed by atoms with Crippen molar-refractivity contribution < 1.29 is 4.39 Å². The smallest absolute Gasteiger partial charge is 0.130 e. The molecular formula is C11H11F. The average Bonchev–Trinajstić information content (AvgIpc) is 2.04. The van der Waals surface area contributed by atoms with E-state index in [1.807, 2.05) is 13.0 Å². The molecule has 0 atom stereocenters. The molecule has 0 amide bonds. The largest absolute Gasteiger partial charge is 0.206 e. The zero-order chi connectivity index (χ0) is 8.97. The van der Waals surface area contributed by atoms with Crippen LogP contribution in [-0.2, 0) is 0 Å². The molecule has 0 radical (unpaired) electrons. The minimum Gasteiger partial charge on any atom is -0.206 e. The molecule has 0 bridgehead atoms. The zero-order valence-electron chi connectivity index (χ0n) is 7.05. The van der Waals surface area contributed by atoms with Crippen molar-refractivity contribution in [2.45, 2.75) is 6.92 Å². The molecule has 0 nitrogen and oxygen atoms in total. The van der Waals surface area contributed by atoms with Gasteiger partial charge in [0.2, 0.25) is 0 Å². The molecule has 1 heteroatoms. The van der Waals surface area contributed by atoms with E-state index in [9.17, 15) is 4.39 Å². The molecule has 0 aromatic heterocycles. The van der Waals surface area contributed by atoms with Crippen LogP contribution in [0, 0.1) is 12.7 Å². The van der Waals surface area contributed by atoms with Gasteiger partial charge in [-0.1, -0.05) is 36.9 Å². The first kappa shape index (κ1) is 8.72. The molecule has 1 aromatic rings. The predicted molar refractivity (Wildman–Crippen MR) is 50.4 cm³/mol. The molecule has 1 aromatic carbocycles. The van der Waals surface area contributed by atoms with E-state index in [0.29, 0.717) is 5.56 Å². The van der Waals surface area contributed by atoms with E-state index >= 15 is 0 Å². The fourth-order valence-electron chi connectivity index (χ4n) is 1.02. The summed E-state index contributed by atoms with van der Waals surface area (Å²) in [5.74, 6) is -0.187. The fourth-order valence-corrected chi connectivity index (χ4v) is 1.02. The van der Waals surface area contributed by atoms with Crippen LogP contribution in [0.15, 0.2) is 36.9 Å². The molecule has 0 saturated carbocycles. The highest BCUT2D eigenvalue weighted by Crippen LogP contribution is 2.13. The van der Waals surface area contributed by atoms with E-state index < -0.39 is 0 Å². The maximum Gasteiger partial charge on any atom is 0.130 e. The molecule has 0 unspecified atom stereocenters. The van der Waals surface area contributed by atoms with Gasteiger partial charge >= 0.3 is 0 Å². The second-order valence-corrected chi connectivity index (χ2v) is 2.57. The van der Waals surface area contributed by atoms with Gasteiger partial charge in [-0.3, -0.25) is 0 Å². The number of benzene rings is 1. The van der Waals surface area contributed by atoms with Crippen molar-refractivity contribution in [3.05, 3.63) is 53.9 Å². The minimum atomic E-state index is -0.187. The molecule has 0 aliphatic carbocycles. The first-order valence-corrected chi connectivity index (χ1v) is 3.80. The Bertz CT molecular complexity index is 291. The molecule has 0 spiro atoms. The van der Waals surface area contributed by atoms with Crippen LogP contribution in [0.3, 0.4) is 0 Å². The number of halogens is 1. The molecular weight excluding hydrogens is 151 g/mol. The Morgan fingerprint density at radius 1 is 1.42 bits per heavy atom. The topological polar surface area (TPSA) is 0 Å². The van der Waals surface area contributed by atoms with Crippen molar-refractivity contribution >= 4 is 6.08 Å². The lowest BCUT2D eigenvalue weighted by atomic mass is 10.1. The third kappa shape index (κ3) is 1.82. The van der Waals surface area contributed by atoms with Gasteiger partial charge in [0, 0.05) is 5.56 Å². The van der Waals surface area contributed by atoms with Crippen LogP contribution < -0.4 is 0 Å². The van der Waals surface area contributed by atoms with Crippen molar-refractivity contribution in [3.63, 3.8) is 0 Å². The molecule has 0 fully saturated rings. The van der Waals surface area contributed by atoms with Crippen LogP contribution in [0.25, 0.3) is 6.08 Å². The first-order chi connectivity index (χ1) is 5.75. The number of rotatable bonds is 2. The monoisotopic (exact) mass is 162 g/mol. The van der Waals surface area contributed by atoms with Crippen molar-refractivity contribution in [1.82, 2.24) is 0 Å². The molecule has 0 aliphatic heterocycles. The zero-order valence-corrected chi connectivity index (χ0v) is 7.05. The van der Waals surface area contributed by atoms with Crippen molar-refractivity contribution in [3.8, 4) is 0 Å². The van der Waals surface area contributed by atoms with Crippen LogP contribution in [-0.4, -0.2) is 0 Å². The Labute approximate surface area is 72.0 Å². The summed E-state index contributed by atoms with van der Waals surface area (Å²) in [5, 5.41) is 0. The first-order valence-electron chi connectivity index (χ1n) is 3.80. The van der Waals surface area contributed by atoms with Crippen LogP contribution >= 0.6 is 0 Å². The van der Waals surface area contributed by atoms with Crippen molar-refractivity contribution in [1.29, 1.82) is 0 Å². The number of allylic oxidation sites excluding steroid dienone is 2. The van der Waals surface area contributed by atoms with E-state index in [0.717, 1.165) is 5.56 Å². The van der Waals surface area contributed by atoms with E-state index in [1.54, 1.807) is 24.3 Å². The molecule has 0 heterocycles. The van der Waals surface area contributed by atoms with Crippen LogP contribution in [0.1, 0.15) is 11.1 Å². The van der Waals surface area contributed by atoms with E-state index in [4.69, 9.17) is 0 Å². The SMILES string of the molecule is C=C/C=C\c1c(C)cccc1F.